The Kier molecular flexibility index (Phi) is 6.46. The molecule has 0 fully saturated rings. The van der Waals surface area contributed by atoms with Crippen molar-refractivity contribution in [2.24, 2.45) is 0 Å². The van der Waals surface area contributed by atoms with Crippen molar-refractivity contribution in [1.29, 1.82) is 0 Å². The SMILES string of the molecule is CCNC(c1c(Br)cnn1CCOC)C(C)(C)OC. The van der Waals surface area contributed by atoms with E-state index in [2.05, 4.69) is 47.1 Å². The molecule has 110 valence electrons. The van der Waals surface area contributed by atoms with Crippen LogP contribution in [0, 0.1) is 0 Å². The van der Waals surface area contributed by atoms with Gasteiger partial charge >= 0.3 is 0 Å². The summed E-state index contributed by atoms with van der Waals surface area (Å²) in [6, 6.07) is 0.0521. The number of ether oxygens (including phenoxy) is 2. The molecule has 6 heteroatoms. The number of halogens is 1. The quantitative estimate of drug-likeness (QED) is 0.793. The monoisotopic (exact) mass is 333 g/mol. The van der Waals surface area contributed by atoms with Gasteiger partial charge in [0.15, 0.2) is 0 Å². The Morgan fingerprint density at radius 1 is 1.47 bits per heavy atom. The molecule has 1 atom stereocenters. The highest BCUT2D eigenvalue weighted by molar-refractivity contribution is 9.10. The molecule has 0 spiro atoms. The average molecular weight is 334 g/mol. The normalized spacial score (nSPS) is 13.8. The Morgan fingerprint density at radius 3 is 2.68 bits per heavy atom. The Bertz CT molecular complexity index is 393. The molecule has 1 heterocycles. The molecule has 19 heavy (non-hydrogen) atoms. The third-order valence-corrected chi connectivity index (χ3v) is 3.85. The molecule has 1 aromatic rings. The number of methoxy groups -OCH3 is 2. The van der Waals surface area contributed by atoms with E-state index in [0.29, 0.717) is 6.61 Å². The summed E-state index contributed by atoms with van der Waals surface area (Å²) in [4.78, 5) is 0. The molecular formula is C13H24BrN3O2. The van der Waals surface area contributed by atoms with E-state index in [0.717, 1.165) is 23.3 Å². The fraction of sp³-hybridized carbons (Fsp3) is 0.769. The number of aromatic nitrogens is 2. The summed E-state index contributed by atoms with van der Waals surface area (Å²) in [7, 11) is 3.42. The summed E-state index contributed by atoms with van der Waals surface area (Å²) >= 11 is 3.58. The van der Waals surface area contributed by atoms with E-state index in [-0.39, 0.29) is 11.6 Å². The van der Waals surface area contributed by atoms with Crippen LogP contribution in [-0.2, 0) is 16.0 Å². The molecule has 0 aliphatic rings. The lowest BCUT2D eigenvalue weighted by Crippen LogP contribution is -2.42. The van der Waals surface area contributed by atoms with Crippen LogP contribution in [0.5, 0.6) is 0 Å². The molecule has 0 aromatic carbocycles. The second-order valence-electron chi connectivity index (χ2n) is 4.89. The third-order valence-electron chi connectivity index (χ3n) is 3.24. The van der Waals surface area contributed by atoms with Crippen LogP contribution in [-0.4, -0.2) is 42.8 Å². The molecule has 0 aliphatic heterocycles. The first kappa shape index (κ1) is 16.6. The molecule has 5 nitrogen and oxygen atoms in total. The van der Waals surface area contributed by atoms with Gasteiger partial charge in [0.05, 0.1) is 41.2 Å². The Hall–Kier alpha value is -0.430. The molecular weight excluding hydrogens is 310 g/mol. The molecule has 0 bridgehead atoms. The highest BCUT2D eigenvalue weighted by atomic mass is 79.9. The average Bonchev–Trinajstić information content (AvgIpc) is 2.74. The van der Waals surface area contributed by atoms with Crippen LogP contribution in [0.1, 0.15) is 32.5 Å². The van der Waals surface area contributed by atoms with E-state index >= 15 is 0 Å². The van der Waals surface area contributed by atoms with Gasteiger partial charge in [0.2, 0.25) is 0 Å². The largest absolute Gasteiger partial charge is 0.383 e. The summed E-state index contributed by atoms with van der Waals surface area (Å²) in [6.45, 7) is 8.44. The molecule has 0 saturated carbocycles. The van der Waals surface area contributed by atoms with Gasteiger partial charge in [0, 0.05) is 14.2 Å². The van der Waals surface area contributed by atoms with Crippen LogP contribution in [0.4, 0.5) is 0 Å². The zero-order valence-corrected chi connectivity index (χ0v) is 14.0. The third kappa shape index (κ3) is 4.02. The summed E-state index contributed by atoms with van der Waals surface area (Å²) < 4.78 is 13.7. The van der Waals surface area contributed by atoms with Crippen LogP contribution in [0.15, 0.2) is 10.7 Å². The van der Waals surface area contributed by atoms with E-state index in [9.17, 15) is 0 Å². The van der Waals surface area contributed by atoms with Crippen LogP contribution in [0.2, 0.25) is 0 Å². The van der Waals surface area contributed by atoms with Crippen LogP contribution >= 0.6 is 15.9 Å². The molecule has 0 amide bonds. The van der Waals surface area contributed by atoms with Gasteiger partial charge in [0.1, 0.15) is 0 Å². The molecule has 1 rings (SSSR count). The Balaban J connectivity index is 3.10. The highest BCUT2D eigenvalue weighted by Gasteiger charge is 2.34. The summed E-state index contributed by atoms with van der Waals surface area (Å²) in [5, 5.41) is 7.88. The van der Waals surface area contributed by atoms with E-state index in [1.54, 1.807) is 14.2 Å². The predicted molar refractivity (Wildman–Crippen MR) is 79.3 cm³/mol. The lowest BCUT2D eigenvalue weighted by atomic mass is 9.95. The van der Waals surface area contributed by atoms with Crippen LogP contribution in [0.3, 0.4) is 0 Å². The van der Waals surface area contributed by atoms with Crippen molar-refractivity contribution in [2.75, 3.05) is 27.4 Å². The van der Waals surface area contributed by atoms with Crippen molar-refractivity contribution in [3.05, 3.63) is 16.4 Å². The Labute approximate surface area is 123 Å². The molecule has 1 N–H and O–H groups in total. The molecule has 0 aliphatic carbocycles. The lowest BCUT2D eigenvalue weighted by molar-refractivity contribution is -0.0135. The first-order valence-corrected chi connectivity index (χ1v) is 7.25. The number of nitrogens with one attached hydrogen (secondary N) is 1. The summed E-state index contributed by atoms with van der Waals surface area (Å²) in [6.07, 6.45) is 1.82. The van der Waals surface area contributed by atoms with Crippen LogP contribution < -0.4 is 5.32 Å². The first-order chi connectivity index (χ1) is 8.97. The van der Waals surface area contributed by atoms with Gasteiger partial charge in [-0.1, -0.05) is 6.92 Å². The topological polar surface area (TPSA) is 48.3 Å². The minimum absolute atomic E-state index is 0.0521. The van der Waals surface area contributed by atoms with Crippen molar-refractivity contribution < 1.29 is 9.47 Å². The zero-order chi connectivity index (χ0) is 14.5. The lowest BCUT2D eigenvalue weighted by Gasteiger charge is -2.34. The van der Waals surface area contributed by atoms with E-state index < -0.39 is 0 Å². The number of likely N-dealkylation sites (N-methyl/N-ethyl adjacent to an activating group) is 1. The fourth-order valence-corrected chi connectivity index (χ4v) is 2.53. The summed E-state index contributed by atoms with van der Waals surface area (Å²) in [5.41, 5.74) is 0.759. The van der Waals surface area contributed by atoms with Crippen molar-refractivity contribution in [1.82, 2.24) is 15.1 Å². The fourth-order valence-electron chi connectivity index (χ4n) is 2.01. The Morgan fingerprint density at radius 2 is 2.16 bits per heavy atom. The molecule has 0 radical (unpaired) electrons. The first-order valence-electron chi connectivity index (χ1n) is 6.46. The van der Waals surface area contributed by atoms with Crippen molar-refractivity contribution in [3.8, 4) is 0 Å². The van der Waals surface area contributed by atoms with Gasteiger partial charge in [-0.25, -0.2) is 0 Å². The smallest absolute Gasteiger partial charge is 0.0832 e. The van der Waals surface area contributed by atoms with Crippen molar-refractivity contribution >= 4 is 15.9 Å². The molecule has 1 unspecified atom stereocenters. The number of hydrogen-bond donors (Lipinski definition) is 1. The van der Waals surface area contributed by atoms with Crippen molar-refractivity contribution in [3.63, 3.8) is 0 Å². The van der Waals surface area contributed by atoms with Gasteiger partial charge in [-0.3, -0.25) is 4.68 Å². The van der Waals surface area contributed by atoms with Gasteiger partial charge in [-0.2, -0.15) is 5.10 Å². The zero-order valence-electron chi connectivity index (χ0n) is 12.4. The second kappa shape index (κ2) is 7.38. The maximum atomic E-state index is 5.63. The van der Waals surface area contributed by atoms with Crippen molar-refractivity contribution in [2.45, 2.75) is 39.0 Å². The second-order valence-corrected chi connectivity index (χ2v) is 5.75. The van der Waals surface area contributed by atoms with E-state index in [1.165, 1.54) is 0 Å². The minimum Gasteiger partial charge on any atom is -0.383 e. The maximum absolute atomic E-state index is 5.63. The molecule has 0 saturated heterocycles. The van der Waals surface area contributed by atoms with Gasteiger partial charge in [-0.15, -0.1) is 0 Å². The van der Waals surface area contributed by atoms with E-state index in [4.69, 9.17) is 9.47 Å². The summed E-state index contributed by atoms with van der Waals surface area (Å²) in [5.74, 6) is 0. The van der Waals surface area contributed by atoms with Gasteiger partial charge in [0.25, 0.3) is 0 Å². The van der Waals surface area contributed by atoms with E-state index in [1.807, 2.05) is 10.9 Å². The molecule has 1 aromatic heterocycles. The minimum atomic E-state index is -0.330. The maximum Gasteiger partial charge on any atom is 0.0832 e. The number of rotatable bonds is 8. The predicted octanol–water partition coefficient (Wildman–Crippen LogP) is 2.37. The highest BCUT2D eigenvalue weighted by Crippen LogP contribution is 2.33. The number of nitrogens with zero attached hydrogens (tertiary/aromatic N) is 2. The van der Waals surface area contributed by atoms with Gasteiger partial charge < -0.3 is 14.8 Å². The van der Waals surface area contributed by atoms with Crippen LogP contribution in [0.25, 0.3) is 0 Å². The van der Waals surface area contributed by atoms with Gasteiger partial charge in [-0.05, 0) is 36.3 Å². The number of hydrogen-bond acceptors (Lipinski definition) is 4. The standard InChI is InChI=1S/C13H24BrN3O2/c1-6-15-12(13(2,3)19-5)11-10(14)9-16-17(11)7-8-18-4/h9,12,15H,6-8H2,1-5H3.